The van der Waals surface area contributed by atoms with Crippen LogP contribution >= 0.6 is 0 Å². The minimum atomic E-state index is 0.0804. The summed E-state index contributed by atoms with van der Waals surface area (Å²) in [5.41, 5.74) is 4.09. The Kier molecular flexibility index (Phi) is 7.19. The van der Waals surface area contributed by atoms with Crippen molar-refractivity contribution >= 4 is 5.91 Å². The van der Waals surface area contributed by atoms with E-state index in [0.717, 1.165) is 72.9 Å². The van der Waals surface area contributed by atoms with Crippen molar-refractivity contribution in [3.8, 4) is 17.2 Å². The van der Waals surface area contributed by atoms with E-state index in [4.69, 9.17) is 14.1 Å². The van der Waals surface area contributed by atoms with E-state index in [-0.39, 0.29) is 11.8 Å². The van der Waals surface area contributed by atoms with E-state index in [9.17, 15) is 4.79 Å². The predicted octanol–water partition coefficient (Wildman–Crippen LogP) is 4.36. The quantitative estimate of drug-likeness (QED) is 0.675. The molecule has 1 amide bonds. The van der Waals surface area contributed by atoms with Crippen LogP contribution in [0.15, 0.2) is 16.5 Å². The minimum absolute atomic E-state index is 0.0804. The maximum absolute atomic E-state index is 12.8. The normalized spacial score (nSPS) is 17.2. The molecule has 1 aliphatic rings. The monoisotopic (exact) mass is 413 g/mol. The Labute approximate surface area is 180 Å². The van der Waals surface area contributed by atoms with Crippen LogP contribution in [0.2, 0.25) is 0 Å². The first-order valence-corrected chi connectivity index (χ1v) is 11.0. The van der Waals surface area contributed by atoms with Crippen LogP contribution < -0.4 is 4.74 Å². The SMILES string of the molecule is CCN(CC)C(=O)C1CCCN(Cc2nc(-c3cc(C)c(OC)cc3C)oc2C)C1. The highest BCUT2D eigenvalue weighted by molar-refractivity contribution is 5.79. The molecule has 1 aromatic carbocycles. The number of methoxy groups -OCH3 is 1. The molecular formula is C24H35N3O3. The number of carbonyl (C=O) groups excluding carboxylic acids is 1. The zero-order chi connectivity index (χ0) is 21.8. The van der Waals surface area contributed by atoms with Crippen molar-refractivity contribution in [2.24, 2.45) is 5.92 Å². The number of carbonyl (C=O) groups is 1. The summed E-state index contributed by atoms with van der Waals surface area (Å²) in [6.45, 7) is 14.2. The van der Waals surface area contributed by atoms with Gasteiger partial charge in [0.1, 0.15) is 11.5 Å². The summed E-state index contributed by atoms with van der Waals surface area (Å²) in [7, 11) is 1.69. The standard InChI is InChI=1S/C24H35N3O3/c1-7-27(8-2)24(28)19-10-9-11-26(14-19)15-21-18(5)30-23(25-21)20-12-17(4)22(29-6)13-16(20)3/h12-13,19H,7-11,14-15H2,1-6H3. The van der Waals surface area contributed by atoms with Gasteiger partial charge in [-0.25, -0.2) is 4.98 Å². The van der Waals surface area contributed by atoms with Crippen LogP contribution in [0.1, 0.15) is 49.3 Å². The molecule has 1 unspecified atom stereocenters. The molecule has 1 fully saturated rings. The van der Waals surface area contributed by atoms with Gasteiger partial charge >= 0.3 is 0 Å². The van der Waals surface area contributed by atoms with E-state index < -0.39 is 0 Å². The number of hydrogen-bond donors (Lipinski definition) is 0. The first kappa shape index (κ1) is 22.3. The lowest BCUT2D eigenvalue weighted by Gasteiger charge is -2.34. The van der Waals surface area contributed by atoms with Crippen molar-refractivity contribution in [1.82, 2.24) is 14.8 Å². The zero-order valence-corrected chi connectivity index (χ0v) is 19.2. The van der Waals surface area contributed by atoms with Crippen molar-refractivity contribution < 1.29 is 13.9 Å². The molecular weight excluding hydrogens is 378 g/mol. The molecule has 164 valence electrons. The number of aryl methyl sites for hydroxylation is 3. The van der Waals surface area contributed by atoms with Crippen molar-refractivity contribution in [2.75, 3.05) is 33.3 Å². The molecule has 30 heavy (non-hydrogen) atoms. The highest BCUT2D eigenvalue weighted by Crippen LogP contribution is 2.31. The molecule has 1 atom stereocenters. The van der Waals surface area contributed by atoms with Gasteiger partial charge in [0.05, 0.1) is 18.7 Å². The molecule has 1 aliphatic heterocycles. The zero-order valence-electron chi connectivity index (χ0n) is 19.2. The lowest BCUT2D eigenvalue weighted by atomic mass is 9.96. The number of aromatic nitrogens is 1. The molecule has 0 spiro atoms. The molecule has 0 aliphatic carbocycles. The van der Waals surface area contributed by atoms with Crippen LogP contribution in [-0.4, -0.2) is 54.0 Å². The van der Waals surface area contributed by atoms with E-state index >= 15 is 0 Å². The van der Waals surface area contributed by atoms with E-state index in [1.807, 2.05) is 45.6 Å². The summed E-state index contributed by atoms with van der Waals surface area (Å²) in [6.07, 6.45) is 2.01. The Morgan fingerprint density at radius 1 is 1.23 bits per heavy atom. The van der Waals surface area contributed by atoms with E-state index in [0.29, 0.717) is 12.4 Å². The van der Waals surface area contributed by atoms with Gasteiger partial charge in [-0.1, -0.05) is 0 Å². The van der Waals surface area contributed by atoms with Gasteiger partial charge in [-0.3, -0.25) is 9.69 Å². The van der Waals surface area contributed by atoms with Crippen molar-refractivity contribution in [3.05, 3.63) is 34.7 Å². The molecule has 3 rings (SSSR count). The van der Waals surface area contributed by atoms with Gasteiger partial charge in [-0.15, -0.1) is 0 Å². The average molecular weight is 414 g/mol. The lowest BCUT2D eigenvalue weighted by molar-refractivity contribution is -0.137. The largest absolute Gasteiger partial charge is 0.496 e. The maximum Gasteiger partial charge on any atom is 0.226 e. The third-order valence-corrected chi connectivity index (χ3v) is 6.17. The minimum Gasteiger partial charge on any atom is -0.496 e. The van der Waals surface area contributed by atoms with Crippen molar-refractivity contribution in [3.63, 3.8) is 0 Å². The third kappa shape index (κ3) is 4.69. The number of oxazole rings is 1. The maximum atomic E-state index is 12.8. The summed E-state index contributed by atoms with van der Waals surface area (Å²) < 4.78 is 11.5. The van der Waals surface area contributed by atoms with Crippen molar-refractivity contribution in [1.29, 1.82) is 0 Å². The molecule has 2 heterocycles. The highest BCUT2D eigenvalue weighted by atomic mass is 16.5. The lowest BCUT2D eigenvalue weighted by Crippen LogP contribution is -2.44. The second-order valence-electron chi connectivity index (χ2n) is 8.24. The third-order valence-electron chi connectivity index (χ3n) is 6.17. The van der Waals surface area contributed by atoms with Gasteiger partial charge in [0.2, 0.25) is 11.8 Å². The van der Waals surface area contributed by atoms with Gasteiger partial charge in [-0.05, 0) is 77.3 Å². The van der Waals surface area contributed by atoms with Gasteiger partial charge in [0.25, 0.3) is 0 Å². The number of hydrogen-bond acceptors (Lipinski definition) is 5. The second-order valence-corrected chi connectivity index (χ2v) is 8.24. The Bertz CT molecular complexity index is 886. The van der Waals surface area contributed by atoms with Crippen LogP contribution in [0, 0.1) is 26.7 Å². The highest BCUT2D eigenvalue weighted by Gasteiger charge is 2.29. The smallest absolute Gasteiger partial charge is 0.226 e. The molecule has 0 radical (unpaired) electrons. The molecule has 6 nitrogen and oxygen atoms in total. The Morgan fingerprint density at radius 2 is 1.97 bits per heavy atom. The predicted molar refractivity (Wildman–Crippen MR) is 119 cm³/mol. The number of amides is 1. The summed E-state index contributed by atoms with van der Waals surface area (Å²) >= 11 is 0. The van der Waals surface area contributed by atoms with Gasteiger partial charge in [0.15, 0.2) is 0 Å². The number of likely N-dealkylation sites (tertiary alicyclic amines) is 1. The number of rotatable bonds is 7. The second kappa shape index (κ2) is 9.65. The molecule has 0 saturated carbocycles. The fourth-order valence-corrected chi connectivity index (χ4v) is 4.34. The number of benzene rings is 1. The molecule has 2 aromatic rings. The van der Waals surface area contributed by atoms with Crippen LogP contribution in [0.25, 0.3) is 11.5 Å². The summed E-state index contributed by atoms with van der Waals surface area (Å²) in [5.74, 6) is 2.73. The fourth-order valence-electron chi connectivity index (χ4n) is 4.34. The van der Waals surface area contributed by atoms with E-state index in [1.54, 1.807) is 7.11 Å². The molecule has 0 bridgehead atoms. The van der Waals surface area contributed by atoms with Crippen LogP contribution in [0.3, 0.4) is 0 Å². The molecule has 1 saturated heterocycles. The number of nitrogens with zero attached hydrogens (tertiary/aromatic N) is 3. The fraction of sp³-hybridized carbons (Fsp3) is 0.583. The van der Waals surface area contributed by atoms with Crippen LogP contribution in [0.5, 0.6) is 5.75 Å². The summed E-state index contributed by atoms with van der Waals surface area (Å²) in [6, 6.07) is 4.10. The van der Waals surface area contributed by atoms with Gasteiger partial charge < -0.3 is 14.1 Å². The molecule has 0 N–H and O–H groups in total. The van der Waals surface area contributed by atoms with Crippen LogP contribution in [0.4, 0.5) is 0 Å². The average Bonchev–Trinajstić information content (AvgIpc) is 3.10. The summed E-state index contributed by atoms with van der Waals surface area (Å²) in [4.78, 5) is 21.9. The van der Waals surface area contributed by atoms with Crippen molar-refractivity contribution in [2.45, 2.75) is 54.0 Å². The van der Waals surface area contributed by atoms with Crippen LogP contribution in [-0.2, 0) is 11.3 Å². The molecule has 6 heteroatoms. The molecule has 1 aromatic heterocycles. The Hall–Kier alpha value is -2.34. The van der Waals surface area contributed by atoms with E-state index in [2.05, 4.69) is 11.0 Å². The summed E-state index contributed by atoms with van der Waals surface area (Å²) in [5, 5.41) is 0. The first-order chi connectivity index (χ1) is 14.4. The topological polar surface area (TPSA) is 58.8 Å². The Morgan fingerprint density at radius 3 is 2.63 bits per heavy atom. The Balaban J connectivity index is 1.75. The van der Waals surface area contributed by atoms with E-state index in [1.165, 1.54) is 0 Å². The first-order valence-electron chi connectivity index (χ1n) is 11.0. The van der Waals surface area contributed by atoms with Gasteiger partial charge in [0, 0.05) is 31.7 Å². The number of ether oxygens (including phenoxy) is 1. The van der Waals surface area contributed by atoms with Gasteiger partial charge in [-0.2, -0.15) is 0 Å². The number of piperidine rings is 1.